The maximum absolute atomic E-state index is 12.5. The molecule has 2 nitrogen and oxygen atoms in total. The Balaban J connectivity index is 2.45. The van der Waals surface area contributed by atoms with E-state index in [-0.39, 0.29) is 10.7 Å². The molecule has 0 amide bonds. The lowest BCUT2D eigenvalue weighted by Gasteiger charge is -2.13. The number of halogens is 4. The van der Waals surface area contributed by atoms with Gasteiger partial charge in [0.2, 0.25) is 0 Å². The summed E-state index contributed by atoms with van der Waals surface area (Å²) >= 11 is 5.85. The van der Waals surface area contributed by atoms with Crippen molar-refractivity contribution < 1.29 is 13.2 Å². The number of rotatable bonds is 2. The topological polar surface area (TPSA) is 36.7 Å². The van der Waals surface area contributed by atoms with Crippen molar-refractivity contribution in [1.29, 1.82) is 5.26 Å². The van der Waals surface area contributed by atoms with Crippen molar-refractivity contribution >= 4 is 11.6 Å². The molecular formula is C14H8ClF3N2. The summed E-state index contributed by atoms with van der Waals surface area (Å²) in [6, 6.07) is 11.4. The van der Waals surface area contributed by atoms with E-state index in [1.165, 1.54) is 0 Å². The zero-order chi connectivity index (χ0) is 14.8. The molecule has 0 N–H and O–H groups in total. The van der Waals surface area contributed by atoms with Gasteiger partial charge in [0.1, 0.15) is 5.92 Å². The van der Waals surface area contributed by atoms with E-state index in [9.17, 15) is 18.4 Å². The zero-order valence-corrected chi connectivity index (χ0v) is 10.8. The molecule has 0 aliphatic carbocycles. The fourth-order valence-corrected chi connectivity index (χ4v) is 2.03. The van der Waals surface area contributed by atoms with Gasteiger partial charge in [-0.3, -0.25) is 4.98 Å². The summed E-state index contributed by atoms with van der Waals surface area (Å²) in [5.41, 5.74) is -0.187. The number of nitrogens with zero attached hydrogens (tertiary/aromatic N) is 2. The average Bonchev–Trinajstić information content (AvgIpc) is 2.41. The van der Waals surface area contributed by atoms with Crippen LogP contribution in [-0.4, -0.2) is 4.98 Å². The third-order valence-electron chi connectivity index (χ3n) is 2.73. The Morgan fingerprint density at radius 3 is 2.35 bits per heavy atom. The lowest BCUT2D eigenvalue weighted by Crippen LogP contribution is -2.08. The van der Waals surface area contributed by atoms with E-state index in [4.69, 9.17) is 11.6 Å². The van der Waals surface area contributed by atoms with Crippen LogP contribution in [0.25, 0.3) is 0 Å². The highest BCUT2D eigenvalue weighted by Gasteiger charge is 2.32. The van der Waals surface area contributed by atoms with Crippen LogP contribution < -0.4 is 0 Å². The number of nitriles is 1. The highest BCUT2D eigenvalue weighted by atomic mass is 35.5. The van der Waals surface area contributed by atoms with E-state index in [2.05, 4.69) is 4.98 Å². The Labute approximate surface area is 118 Å². The van der Waals surface area contributed by atoms with Gasteiger partial charge in [-0.1, -0.05) is 41.9 Å². The van der Waals surface area contributed by atoms with Gasteiger partial charge in [0.05, 0.1) is 22.3 Å². The normalized spacial score (nSPS) is 12.8. The molecule has 2 aromatic rings. The number of alkyl halides is 3. The van der Waals surface area contributed by atoms with Crippen molar-refractivity contribution in [3.05, 3.63) is 64.4 Å². The van der Waals surface area contributed by atoms with Crippen molar-refractivity contribution in [1.82, 2.24) is 4.98 Å². The number of hydrogen-bond acceptors (Lipinski definition) is 2. The minimum atomic E-state index is -4.51. The Morgan fingerprint density at radius 1 is 1.20 bits per heavy atom. The monoisotopic (exact) mass is 296 g/mol. The predicted molar refractivity (Wildman–Crippen MR) is 68.1 cm³/mol. The molecule has 0 aliphatic heterocycles. The second-order valence-corrected chi connectivity index (χ2v) is 4.47. The predicted octanol–water partition coefficient (Wildman–Crippen LogP) is 4.41. The SMILES string of the molecule is N#CC(c1ccccc1)c1ncc(C(F)(F)F)cc1Cl. The first-order valence-corrected chi connectivity index (χ1v) is 5.98. The minimum absolute atomic E-state index is 0.119. The molecule has 6 heteroatoms. The maximum Gasteiger partial charge on any atom is 0.417 e. The van der Waals surface area contributed by atoms with Gasteiger partial charge in [-0.25, -0.2) is 0 Å². The van der Waals surface area contributed by atoms with E-state index in [1.54, 1.807) is 30.3 Å². The molecule has 1 aromatic heterocycles. The fourth-order valence-electron chi connectivity index (χ4n) is 1.75. The van der Waals surface area contributed by atoms with Crippen molar-refractivity contribution in [2.24, 2.45) is 0 Å². The summed E-state index contributed by atoms with van der Waals surface area (Å²) in [4.78, 5) is 3.72. The highest BCUT2D eigenvalue weighted by Crippen LogP contribution is 2.34. The average molecular weight is 297 g/mol. The molecule has 0 bridgehead atoms. The van der Waals surface area contributed by atoms with E-state index in [0.717, 1.165) is 6.07 Å². The Morgan fingerprint density at radius 2 is 1.85 bits per heavy atom. The van der Waals surface area contributed by atoms with E-state index < -0.39 is 17.7 Å². The first-order valence-electron chi connectivity index (χ1n) is 5.60. The Bertz CT molecular complexity index is 648. The molecule has 1 unspecified atom stereocenters. The van der Waals surface area contributed by atoms with Crippen LogP contribution in [0, 0.1) is 11.3 Å². The molecule has 0 fully saturated rings. The van der Waals surface area contributed by atoms with Crippen LogP contribution in [0.2, 0.25) is 5.02 Å². The molecular weight excluding hydrogens is 289 g/mol. The largest absolute Gasteiger partial charge is 0.417 e. The zero-order valence-electron chi connectivity index (χ0n) is 10.0. The molecule has 0 aliphatic rings. The summed E-state index contributed by atoms with van der Waals surface area (Å²) in [5, 5.41) is 9.04. The summed E-state index contributed by atoms with van der Waals surface area (Å²) in [6.45, 7) is 0. The molecule has 1 heterocycles. The van der Waals surface area contributed by atoms with Crippen LogP contribution in [0.5, 0.6) is 0 Å². The van der Waals surface area contributed by atoms with Crippen molar-refractivity contribution in [2.75, 3.05) is 0 Å². The number of pyridine rings is 1. The Kier molecular flexibility index (Phi) is 3.96. The van der Waals surface area contributed by atoms with Gasteiger partial charge in [0.15, 0.2) is 0 Å². The summed E-state index contributed by atoms with van der Waals surface area (Å²) in [5.74, 6) is -0.800. The van der Waals surface area contributed by atoms with Crippen molar-refractivity contribution in [3.63, 3.8) is 0 Å². The lowest BCUT2D eigenvalue weighted by atomic mass is 9.96. The van der Waals surface area contributed by atoms with E-state index in [1.807, 2.05) is 6.07 Å². The smallest absolute Gasteiger partial charge is 0.257 e. The van der Waals surface area contributed by atoms with E-state index >= 15 is 0 Å². The van der Waals surface area contributed by atoms with Gasteiger partial charge in [0, 0.05) is 6.20 Å². The molecule has 0 saturated carbocycles. The third kappa shape index (κ3) is 2.91. The van der Waals surface area contributed by atoms with Crippen LogP contribution in [0.1, 0.15) is 22.7 Å². The summed E-state index contributed by atoms with van der Waals surface area (Å²) < 4.78 is 37.6. The molecule has 2 rings (SSSR count). The van der Waals surface area contributed by atoms with Crippen LogP contribution in [-0.2, 0) is 6.18 Å². The van der Waals surface area contributed by atoms with Crippen molar-refractivity contribution in [3.8, 4) is 6.07 Å². The fraction of sp³-hybridized carbons (Fsp3) is 0.143. The molecule has 20 heavy (non-hydrogen) atoms. The molecule has 0 spiro atoms. The molecule has 1 atom stereocenters. The Hall–Kier alpha value is -2.06. The third-order valence-corrected chi connectivity index (χ3v) is 3.04. The quantitative estimate of drug-likeness (QED) is 0.823. The van der Waals surface area contributed by atoms with Crippen LogP contribution in [0.15, 0.2) is 42.6 Å². The minimum Gasteiger partial charge on any atom is -0.257 e. The highest BCUT2D eigenvalue weighted by molar-refractivity contribution is 6.31. The molecule has 0 radical (unpaired) electrons. The van der Waals surface area contributed by atoms with Gasteiger partial charge < -0.3 is 0 Å². The molecule has 0 saturated heterocycles. The van der Waals surface area contributed by atoms with Crippen LogP contribution >= 0.6 is 11.6 Å². The number of hydrogen-bond donors (Lipinski definition) is 0. The van der Waals surface area contributed by atoms with E-state index in [0.29, 0.717) is 11.8 Å². The summed E-state index contributed by atoms with van der Waals surface area (Å²) in [7, 11) is 0. The lowest BCUT2D eigenvalue weighted by molar-refractivity contribution is -0.137. The van der Waals surface area contributed by atoms with Gasteiger partial charge in [0.25, 0.3) is 0 Å². The second kappa shape index (κ2) is 5.51. The molecule has 1 aromatic carbocycles. The van der Waals surface area contributed by atoms with Crippen LogP contribution in [0.3, 0.4) is 0 Å². The van der Waals surface area contributed by atoms with Gasteiger partial charge in [-0.2, -0.15) is 18.4 Å². The first-order chi connectivity index (χ1) is 9.43. The van der Waals surface area contributed by atoms with Gasteiger partial charge in [-0.05, 0) is 11.6 Å². The number of aromatic nitrogens is 1. The van der Waals surface area contributed by atoms with Crippen LogP contribution in [0.4, 0.5) is 13.2 Å². The van der Waals surface area contributed by atoms with Gasteiger partial charge in [-0.15, -0.1) is 0 Å². The standard InChI is InChI=1S/C14H8ClF3N2/c15-12-6-10(14(16,17)18)8-20-13(12)11(7-19)9-4-2-1-3-5-9/h1-6,8,11H. The van der Waals surface area contributed by atoms with Crippen molar-refractivity contribution in [2.45, 2.75) is 12.1 Å². The van der Waals surface area contributed by atoms with Gasteiger partial charge >= 0.3 is 6.18 Å². The maximum atomic E-state index is 12.5. The summed E-state index contributed by atoms with van der Waals surface area (Å²) in [6.07, 6.45) is -3.82. The number of benzene rings is 1. The molecule has 102 valence electrons. The second-order valence-electron chi connectivity index (χ2n) is 4.06. The first kappa shape index (κ1) is 14.4.